The highest BCUT2D eigenvalue weighted by Crippen LogP contribution is 2.14. The van der Waals surface area contributed by atoms with E-state index in [0.29, 0.717) is 12.2 Å². The molecule has 1 aromatic rings. The van der Waals surface area contributed by atoms with E-state index in [1.807, 2.05) is 6.07 Å². The van der Waals surface area contributed by atoms with Crippen molar-refractivity contribution in [3.8, 4) is 11.8 Å². The molecule has 0 aromatic heterocycles. The molecule has 2 N–H and O–H groups in total. The van der Waals surface area contributed by atoms with Crippen molar-refractivity contribution in [3.63, 3.8) is 0 Å². The zero-order valence-corrected chi connectivity index (χ0v) is 10.8. The standard InChI is InChI=1S/C13H15N3O3/c1-9(12(17)16-13(18)15-2)19-11-5-3-10(4-6-11)7-8-14/h3-6,9H,7H2,1-2H3,(H2,15,16,17,18). The van der Waals surface area contributed by atoms with Crippen LogP contribution in [-0.4, -0.2) is 25.1 Å². The fourth-order valence-corrected chi connectivity index (χ4v) is 1.31. The lowest BCUT2D eigenvalue weighted by Crippen LogP contribution is -2.43. The molecule has 0 saturated heterocycles. The quantitative estimate of drug-likeness (QED) is 0.845. The Kier molecular flexibility index (Phi) is 5.35. The molecule has 1 unspecified atom stereocenters. The van der Waals surface area contributed by atoms with Gasteiger partial charge in [0.1, 0.15) is 5.75 Å². The molecule has 0 fully saturated rings. The first-order chi connectivity index (χ1) is 9.06. The number of ether oxygens (including phenoxy) is 1. The molecule has 0 saturated carbocycles. The van der Waals surface area contributed by atoms with Crippen molar-refractivity contribution in [1.82, 2.24) is 10.6 Å². The zero-order chi connectivity index (χ0) is 14.3. The lowest BCUT2D eigenvalue weighted by Gasteiger charge is -2.14. The minimum Gasteiger partial charge on any atom is -0.481 e. The third-order valence-corrected chi connectivity index (χ3v) is 2.35. The molecule has 0 aliphatic heterocycles. The molecule has 1 atom stereocenters. The van der Waals surface area contributed by atoms with Crippen LogP contribution in [0.2, 0.25) is 0 Å². The molecule has 0 spiro atoms. The molecule has 0 aliphatic carbocycles. The minimum atomic E-state index is -0.792. The van der Waals surface area contributed by atoms with Crippen LogP contribution in [0.3, 0.4) is 0 Å². The van der Waals surface area contributed by atoms with Crippen LogP contribution >= 0.6 is 0 Å². The minimum absolute atomic E-state index is 0.326. The topological polar surface area (TPSA) is 91.2 Å². The number of hydrogen-bond donors (Lipinski definition) is 2. The number of carbonyl (C=O) groups is 2. The first-order valence-corrected chi connectivity index (χ1v) is 5.72. The second kappa shape index (κ2) is 7.01. The third-order valence-electron chi connectivity index (χ3n) is 2.35. The summed E-state index contributed by atoms with van der Waals surface area (Å²) >= 11 is 0. The molecule has 1 rings (SSSR count). The molecule has 3 amide bonds. The maximum absolute atomic E-state index is 11.5. The summed E-state index contributed by atoms with van der Waals surface area (Å²) in [5, 5.41) is 12.9. The Balaban J connectivity index is 2.56. The van der Waals surface area contributed by atoms with Crippen LogP contribution in [0, 0.1) is 11.3 Å². The molecule has 0 radical (unpaired) electrons. The van der Waals surface area contributed by atoms with Gasteiger partial charge in [-0.25, -0.2) is 4.79 Å². The van der Waals surface area contributed by atoms with Gasteiger partial charge >= 0.3 is 6.03 Å². The average molecular weight is 261 g/mol. The number of amides is 3. The zero-order valence-electron chi connectivity index (χ0n) is 10.8. The molecule has 0 aliphatic rings. The van der Waals surface area contributed by atoms with Gasteiger partial charge in [0.05, 0.1) is 12.5 Å². The van der Waals surface area contributed by atoms with Gasteiger partial charge in [-0.3, -0.25) is 10.1 Å². The van der Waals surface area contributed by atoms with Crippen LogP contribution in [0.15, 0.2) is 24.3 Å². The van der Waals surface area contributed by atoms with Crippen molar-refractivity contribution in [2.24, 2.45) is 0 Å². The maximum Gasteiger partial charge on any atom is 0.321 e. The van der Waals surface area contributed by atoms with Crippen molar-refractivity contribution in [3.05, 3.63) is 29.8 Å². The number of imide groups is 1. The first kappa shape index (κ1) is 14.5. The van der Waals surface area contributed by atoms with Crippen LogP contribution in [-0.2, 0) is 11.2 Å². The van der Waals surface area contributed by atoms with Crippen LogP contribution in [0.25, 0.3) is 0 Å². The second-order valence-corrected chi connectivity index (χ2v) is 3.81. The predicted octanol–water partition coefficient (Wildman–Crippen LogP) is 0.976. The summed E-state index contributed by atoms with van der Waals surface area (Å²) in [6, 6.07) is 8.32. The second-order valence-electron chi connectivity index (χ2n) is 3.81. The Hall–Kier alpha value is -2.55. The average Bonchev–Trinajstić information content (AvgIpc) is 2.41. The van der Waals surface area contributed by atoms with E-state index in [1.54, 1.807) is 31.2 Å². The number of hydrogen-bond acceptors (Lipinski definition) is 4. The smallest absolute Gasteiger partial charge is 0.321 e. The van der Waals surface area contributed by atoms with E-state index >= 15 is 0 Å². The van der Waals surface area contributed by atoms with E-state index in [-0.39, 0.29) is 0 Å². The number of carbonyl (C=O) groups excluding carboxylic acids is 2. The summed E-state index contributed by atoms with van der Waals surface area (Å²) in [5.41, 5.74) is 0.873. The molecule has 6 heteroatoms. The largest absolute Gasteiger partial charge is 0.481 e. The number of nitriles is 1. The van der Waals surface area contributed by atoms with Gasteiger partial charge in [-0.1, -0.05) is 12.1 Å². The number of urea groups is 1. The van der Waals surface area contributed by atoms with E-state index in [9.17, 15) is 9.59 Å². The Morgan fingerprint density at radius 2 is 2.00 bits per heavy atom. The highest BCUT2D eigenvalue weighted by atomic mass is 16.5. The number of benzene rings is 1. The highest BCUT2D eigenvalue weighted by molar-refractivity contribution is 5.96. The Labute approximate surface area is 111 Å². The third kappa shape index (κ3) is 4.68. The highest BCUT2D eigenvalue weighted by Gasteiger charge is 2.16. The number of nitrogens with one attached hydrogen (secondary N) is 2. The van der Waals surface area contributed by atoms with E-state index in [1.165, 1.54) is 7.05 Å². The van der Waals surface area contributed by atoms with Crippen molar-refractivity contribution in [2.75, 3.05) is 7.05 Å². The van der Waals surface area contributed by atoms with Gasteiger partial charge in [-0.15, -0.1) is 0 Å². The number of rotatable bonds is 4. The van der Waals surface area contributed by atoms with Gasteiger partial charge in [0.25, 0.3) is 5.91 Å². The molecule has 0 heterocycles. The SMILES string of the molecule is CNC(=O)NC(=O)C(C)Oc1ccc(CC#N)cc1. The van der Waals surface area contributed by atoms with E-state index in [0.717, 1.165) is 5.56 Å². The van der Waals surface area contributed by atoms with Gasteiger partial charge in [0.2, 0.25) is 0 Å². The lowest BCUT2D eigenvalue weighted by molar-refractivity contribution is -0.126. The normalized spacial score (nSPS) is 11.0. The summed E-state index contributed by atoms with van der Waals surface area (Å²) in [5.74, 6) is -0.0262. The predicted molar refractivity (Wildman–Crippen MR) is 68.4 cm³/mol. The van der Waals surface area contributed by atoms with Gasteiger partial charge in [0.15, 0.2) is 6.10 Å². The maximum atomic E-state index is 11.5. The van der Waals surface area contributed by atoms with Gasteiger partial charge in [-0.2, -0.15) is 5.26 Å². The molecule has 6 nitrogen and oxygen atoms in total. The van der Waals surface area contributed by atoms with Gasteiger partial charge in [-0.05, 0) is 24.6 Å². The molecule has 19 heavy (non-hydrogen) atoms. The van der Waals surface area contributed by atoms with Crippen LogP contribution < -0.4 is 15.4 Å². The van der Waals surface area contributed by atoms with Crippen molar-refractivity contribution in [1.29, 1.82) is 5.26 Å². The fraction of sp³-hybridized carbons (Fsp3) is 0.308. The summed E-state index contributed by atoms with van der Waals surface area (Å²) in [6.07, 6.45) is -0.466. The van der Waals surface area contributed by atoms with Crippen LogP contribution in [0.4, 0.5) is 4.79 Å². The molecular formula is C13H15N3O3. The molecular weight excluding hydrogens is 246 g/mol. The molecule has 1 aromatic carbocycles. The molecule has 100 valence electrons. The Morgan fingerprint density at radius 3 is 2.53 bits per heavy atom. The van der Waals surface area contributed by atoms with Crippen molar-refractivity contribution in [2.45, 2.75) is 19.4 Å². The van der Waals surface area contributed by atoms with E-state index in [2.05, 4.69) is 10.6 Å². The summed E-state index contributed by atoms with van der Waals surface area (Å²) < 4.78 is 5.38. The van der Waals surface area contributed by atoms with Gasteiger partial charge < -0.3 is 10.1 Å². The van der Waals surface area contributed by atoms with Gasteiger partial charge in [0, 0.05) is 7.05 Å². The Bertz CT molecular complexity index is 491. The molecule has 0 bridgehead atoms. The monoisotopic (exact) mass is 261 g/mol. The van der Waals surface area contributed by atoms with Crippen molar-refractivity contribution >= 4 is 11.9 Å². The van der Waals surface area contributed by atoms with Crippen molar-refractivity contribution < 1.29 is 14.3 Å². The van der Waals surface area contributed by atoms with E-state index < -0.39 is 18.0 Å². The summed E-state index contributed by atoms with van der Waals surface area (Å²) in [4.78, 5) is 22.5. The Morgan fingerprint density at radius 1 is 1.37 bits per heavy atom. The number of nitrogens with zero attached hydrogens (tertiary/aromatic N) is 1. The van der Waals surface area contributed by atoms with Crippen LogP contribution in [0.1, 0.15) is 12.5 Å². The first-order valence-electron chi connectivity index (χ1n) is 5.72. The summed E-state index contributed by atoms with van der Waals surface area (Å²) in [7, 11) is 1.42. The van der Waals surface area contributed by atoms with Crippen LogP contribution in [0.5, 0.6) is 5.75 Å². The van der Waals surface area contributed by atoms with E-state index in [4.69, 9.17) is 10.00 Å². The summed E-state index contributed by atoms with van der Waals surface area (Å²) in [6.45, 7) is 1.54. The fourth-order valence-electron chi connectivity index (χ4n) is 1.31. The lowest BCUT2D eigenvalue weighted by atomic mass is 10.2.